The number of hydrogen-bond acceptors (Lipinski definition) is 3. The van der Waals surface area contributed by atoms with E-state index in [1.54, 1.807) is 0 Å². The van der Waals surface area contributed by atoms with Gasteiger partial charge in [-0.15, -0.1) is 0 Å². The second-order valence-corrected chi connectivity index (χ2v) is 3.97. The number of unbranched alkanes of at least 4 members (excludes halogenated alkanes) is 4. The Balaban J connectivity index is 3.32. The number of ether oxygens (including phenoxy) is 1. The molecule has 0 rings (SSSR count). The van der Waals surface area contributed by atoms with Gasteiger partial charge in [0.15, 0.2) is 0 Å². The summed E-state index contributed by atoms with van der Waals surface area (Å²) in [4.78, 5) is 11.1. The number of carbonyl (C=O) groups excluding carboxylic acids is 1. The van der Waals surface area contributed by atoms with Crippen LogP contribution in [-0.4, -0.2) is 18.6 Å². The smallest absolute Gasteiger partial charge is 0.307 e. The molecule has 0 saturated heterocycles. The molecule has 0 fully saturated rings. The first-order valence-corrected chi connectivity index (χ1v) is 6.11. The first-order chi connectivity index (χ1) is 7.20. The fourth-order valence-corrected chi connectivity index (χ4v) is 1.55. The molecule has 3 nitrogen and oxygen atoms in total. The summed E-state index contributed by atoms with van der Waals surface area (Å²) in [5, 5.41) is 0. The monoisotopic (exact) mass is 215 g/mol. The van der Waals surface area contributed by atoms with Gasteiger partial charge in [0.25, 0.3) is 0 Å². The summed E-state index contributed by atoms with van der Waals surface area (Å²) in [6, 6.07) is -0.0225. The molecule has 0 aliphatic carbocycles. The molecule has 0 aliphatic heterocycles. The van der Waals surface area contributed by atoms with Crippen molar-refractivity contribution >= 4 is 5.97 Å². The van der Waals surface area contributed by atoms with E-state index in [1.807, 2.05) is 6.92 Å². The number of hydrogen-bond donors (Lipinski definition) is 1. The van der Waals surface area contributed by atoms with Gasteiger partial charge in [-0.2, -0.15) is 0 Å². The van der Waals surface area contributed by atoms with Crippen LogP contribution in [0.15, 0.2) is 0 Å². The number of carbonyl (C=O) groups is 1. The molecular formula is C12H25NO2. The van der Waals surface area contributed by atoms with Gasteiger partial charge in [0.1, 0.15) is 0 Å². The third-order valence-corrected chi connectivity index (χ3v) is 2.41. The van der Waals surface area contributed by atoms with Gasteiger partial charge < -0.3 is 10.5 Å². The molecule has 2 N–H and O–H groups in total. The van der Waals surface area contributed by atoms with Crippen LogP contribution in [0.1, 0.15) is 58.8 Å². The molecule has 0 saturated carbocycles. The van der Waals surface area contributed by atoms with Crippen LogP contribution < -0.4 is 5.73 Å². The lowest BCUT2D eigenvalue weighted by atomic mass is 10.0. The van der Waals surface area contributed by atoms with Crippen LogP contribution in [0.3, 0.4) is 0 Å². The summed E-state index contributed by atoms with van der Waals surface area (Å²) in [7, 11) is 0. The molecule has 0 aromatic rings. The average molecular weight is 215 g/mol. The van der Waals surface area contributed by atoms with E-state index in [1.165, 1.54) is 25.7 Å². The molecule has 0 spiro atoms. The number of rotatable bonds is 9. The molecule has 1 atom stereocenters. The van der Waals surface area contributed by atoms with Crippen molar-refractivity contribution in [2.45, 2.75) is 64.8 Å². The zero-order valence-electron chi connectivity index (χ0n) is 10.1. The maximum atomic E-state index is 11.1. The second-order valence-electron chi connectivity index (χ2n) is 3.97. The van der Waals surface area contributed by atoms with Crippen LogP contribution >= 0.6 is 0 Å². The fraction of sp³-hybridized carbons (Fsp3) is 0.917. The summed E-state index contributed by atoms with van der Waals surface area (Å²) in [6.07, 6.45) is 7.49. The highest BCUT2D eigenvalue weighted by Crippen LogP contribution is 2.08. The van der Waals surface area contributed by atoms with Gasteiger partial charge in [0.2, 0.25) is 0 Å². The zero-order valence-corrected chi connectivity index (χ0v) is 10.1. The number of esters is 1. The Bertz CT molecular complexity index is 160. The highest BCUT2D eigenvalue weighted by atomic mass is 16.5. The zero-order chi connectivity index (χ0) is 11.5. The lowest BCUT2D eigenvalue weighted by Gasteiger charge is -2.10. The predicted molar refractivity (Wildman–Crippen MR) is 62.6 cm³/mol. The predicted octanol–water partition coefficient (Wildman–Crippen LogP) is 2.63. The summed E-state index contributed by atoms with van der Waals surface area (Å²) in [6.45, 7) is 4.46. The molecular weight excluding hydrogens is 190 g/mol. The Kier molecular flexibility index (Phi) is 9.59. The van der Waals surface area contributed by atoms with Crippen molar-refractivity contribution in [2.75, 3.05) is 6.61 Å². The maximum Gasteiger partial charge on any atom is 0.307 e. The van der Waals surface area contributed by atoms with Crippen molar-refractivity contribution in [2.24, 2.45) is 5.73 Å². The van der Waals surface area contributed by atoms with Crippen LogP contribution in [-0.2, 0) is 9.53 Å². The van der Waals surface area contributed by atoms with Crippen LogP contribution in [0.5, 0.6) is 0 Å². The third-order valence-electron chi connectivity index (χ3n) is 2.41. The van der Waals surface area contributed by atoms with Gasteiger partial charge in [-0.25, -0.2) is 0 Å². The second kappa shape index (κ2) is 9.97. The number of nitrogens with two attached hydrogens (primary N) is 1. The molecule has 15 heavy (non-hydrogen) atoms. The van der Waals surface area contributed by atoms with E-state index in [4.69, 9.17) is 10.5 Å². The van der Waals surface area contributed by atoms with E-state index in [9.17, 15) is 4.79 Å². The van der Waals surface area contributed by atoms with Gasteiger partial charge in [-0.05, 0) is 13.3 Å². The van der Waals surface area contributed by atoms with Crippen molar-refractivity contribution in [3.8, 4) is 0 Å². The minimum Gasteiger partial charge on any atom is -0.466 e. The minimum absolute atomic E-state index is 0.0225. The molecule has 90 valence electrons. The molecule has 0 aromatic heterocycles. The fourth-order valence-electron chi connectivity index (χ4n) is 1.55. The van der Waals surface area contributed by atoms with Gasteiger partial charge in [0, 0.05) is 6.04 Å². The normalized spacial score (nSPS) is 12.5. The summed E-state index contributed by atoms with van der Waals surface area (Å²) in [5.74, 6) is -0.168. The van der Waals surface area contributed by atoms with Crippen molar-refractivity contribution in [3.63, 3.8) is 0 Å². The maximum absolute atomic E-state index is 11.1. The lowest BCUT2D eigenvalue weighted by Crippen LogP contribution is -2.24. The van der Waals surface area contributed by atoms with Crippen LogP contribution in [0.4, 0.5) is 0 Å². The summed E-state index contributed by atoms with van der Waals surface area (Å²) in [5.41, 5.74) is 5.82. The van der Waals surface area contributed by atoms with E-state index in [-0.39, 0.29) is 12.0 Å². The first-order valence-electron chi connectivity index (χ1n) is 6.11. The van der Waals surface area contributed by atoms with Gasteiger partial charge >= 0.3 is 5.97 Å². The molecule has 0 radical (unpaired) electrons. The largest absolute Gasteiger partial charge is 0.466 e. The molecule has 0 aliphatic rings. The van der Waals surface area contributed by atoms with Gasteiger partial charge in [0.05, 0.1) is 13.0 Å². The van der Waals surface area contributed by atoms with E-state index in [2.05, 4.69) is 6.92 Å². The van der Waals surface area contributed by atoms with E-state index in [0.717, 1.165) is 12.8 Å². The Hall–Kier alpha value is -0.570. The Morgan fingerprint density at radius 1 is 1.20 bits per heavy atom. The first kappa shape index (κ1) is 14.4. The van der Waals surface area contributed by atoms with Crippen LogP contribution in [0, 0.1) is 0 Å². The third kappa shape index (κ3) is 9.73. The lowest BCUT2D eigenvalue weighted by molar-refractivity contribution is -0.143. The topological polar surface area (TPSA) is 52.3 Å². The Morgan fingerprint density at radius 3 is 2.47 bits per heavy atom. The van der Waals surface area contributed by atoms with Crippen molar-refractivity contribution in [1.82, 2.24) is 0 Å². The standard InChI is InChI=1S/C12H25NO2/c1-3-5-6-7-8-9-11(13)10-12(14)15-4-2/h11H,3-10,13H2,1-2H3/t11-/m1/s1. The molecule has 0 unspecified atom stereocenters. The van der Waals surface area contributed by atoms with Gasteiger partial charge in [-0.3, -0.25) is 4.79 Å². The van der Waals surface area contributed by atoms with Crippen LogP contribution in [0.2, 0.25) is 0 Å². The molecule has 0 aromatic carbocycles. The van der Waals surface area contributed by atoms with Crippen molar-refractivity contribution in [1.29, 1.82) is 0 Å². The van der Waals surface area contributed by atoms with E-state index >= 15 is 0 Å². The summed E-state index contributed by atoms with van der Waals surface area (Å²) >= 11 is 0. The van der Waals surface area contributed by atoms with Gasteiger partial charge in [-0.1, -0.05) is 39.0 Å². The molecule has 0 amide bonds. The average Bonchev–Trinajstić information content (AvgIpc) is 2.17. The molecule has 0 heterocycles. The van der Waals surface area contributed by atoms with Crippen LogP contribution in [0.25, 0.3) is 0 Å². The Morgan fingerprint density at radius 2 is 1.87 bits per heavy atom. The highest BCUT2D eigenvalue weighted by molar-refractivity contribution is 5.70. The molecule has 0 bridgehead atoms. The SMILES string of the molecule is CCCCCCC[C@@H](N)CC(=O)OCC. The minimum atomic E-state index is -0.168. The highest BCUT2D eigenvalue weighted by Gasteiger charge is 2.09. The molecule has 3 heteroatoms. The Labute approximate surface area is 93.4 Å². The van der Waals surface area contributed by atoms with E-state index in [0.29, 0.717) is 13.0 Å². The van der Waals surface area contributed by atoms with E-state index < -0.39 is 0 Å². The van der Waals surface area contributed by atoms with Crippen molar-refractivity contribution in [3.05, 3.63) is 0 Å². The summed E-state index contributed by atoms with van der Waals surface area (Å²) < 4.78 is 4.84. The van der Waals surface area contributed by atoms with Crippen molar-refractivity contribution < 1.29 is 9.53 Å². The quantitative estimate of drug-likeness (QED) is 0.475.